The molecule has 0 aliphatic heterocycles. The van der Waals surface area contributed by atoms with Crippen molar-refractivity contribution in [3.05, 3.63) is 10.6 Å². The lowest BCUT2D eigenvalue weighted by atomic mass is 9.70. The number of hydrazine groups is 1. The Kier molecular flexibility index (Phi) is 3.52. The maximum Gasteiger partial charge on any atom is 0.277 e. The van der Waals surface area contributed by atoms with E-state index in [-0.39, 0.29) is 11.3 Å². The van der Waals surface area contributed by atoms with Gasteiger partial charge in [0.05, 0.1) is 5.69 Å². The number of hydrazone groups is 1. The zero-order valence-corrected chi connectivity index (χ0v) is 14.3. The van der Waals surface area contributed by atoms with Gasteiger partial charge in [-0.2, -0.15) is 5.10 Å². The molecule has 0 radical (unpaired) electrons. The maximum atomic E-state index is 11.6. The van der Waals surface area contributed by atoms with E-state index < -0.39 is 0 Å². The van der Waals surface area contributed by atoms with Gasteiger partial charge >= 0.3 is 0 Å². The molecule has 2 saturated carbocycles. The van der Waals surface area contributed by atoms with Crippen LogP contribution in [0.3, 0.4) is 0 Å². The van der Waals surface area contributed by atoms with Crippen LogP contribution in [-0.4, -0.2) is 16.6 Å². The Hall–Kier alpha value is -1.47. The van der Waals surface area contributed by atoms with Crippen molar-refractivity contribution in [1.82, 2.24) is 10.4 Å². The summed E-state index contributed by atoms with van der Waals surface area (Å²) in [4.78, 5) is 16.5. The van der Waals surface area contributed by atoms with Gasteiger partial charge in [-0.15, -0.1) is 0 Å². The first kappa shape index (κ1) is 15.4. The summed E-state index contributed by atoms with van der Waals surface area (Å²) in [6.45, 7) is 8.82. The van der Waals surface area contributed by atoms with Crippen LogP contribution in [0.5, 0.6) is 0 Å². The Morgan fingerprint density at radius 2 is 2.18 bits per heavy atom. The molecule has 2 fully saturated rings. The molecule has 120 valence electrons. The molecule has 3 rings (SSSR count). The van der Waals surface area contributed by atoms with E-state index in [1.807, 2.05) is 0 Å². The van der Waals surface area contributed by atoms with Crippen LogP contribution in [0.4, 0.5) is 5.13 Å². The van der Waals surface area contributed by atoms with E-state index in [2.05, 4.69) is 41.7 Å². The van der Waals surface area contributed by atoms with E-state index in [1.165, 1.54) is 29.9 Å². The van der Waals surface area contributed by atoms with Crippen molar-refractivity contribution in [1.29, 1.82) is 0 Å². The number of hydrogen-bond acceptors (Lipinski definition) is 6. The standard InChI is InChI=1S/C15H23N5OS/c1-8-11(12(21)18-16)22-13(17-8)20-19-10-7-9-5-6-15(10,4)14(9,2)3/h9H,5-7,16H2,1-4H3,(H,17,20)(H,18,21)/b19-10+. The summed E-state index contributed by atoms with van der Waals surface area (Å²) in [6.07, 6.45) is 3.54. The van der Waals surface area contributed by atoms with Crippen LogP contribution >= 0.6 is 11.3 Å². The van der Waals surface area contributed by atoms with Crippen molar-refractivity contribution in [2.75, 3.05) is 5.43 Å². The number of anilines is 1. The molecule has 22 heavy (non-hydrogen) atoms. The number of nitrogen functional groups attached to an aromatic ring is 1. The topological polar surface area (TPSA) is 92.4 Å². The van der Waals surface area contributed by atoms with E-state index in [9.17, 15) is 4.79 Å². The molecule has 1 aromatic rings. The van der Waals surface area contributed by atoms with Gasteiger partial charge in [0, 0.05) is 11.1 Å². The monoisotopic (exact) mass is 321 g/mol. The molecular formula is C15H23N5OS. The fourth-order valence-electron chi connectivity index (χ4n) is 3.93. The second kappa shape index (κ2) is 5.03. The highest BCUT2D eigenvalue weighted by molar-refractivity contribution is 7.17. The van der Waals surface area contributed by atoms with Gasteiger partial charge in [0.25, 0.3) is 5.91 Å². The Labute approximate surface area is 134 Å². The number of rotatable bonds is 3. The molecule has 1 heterocycles. The average molecular weight is 321 g/mol. The number of aromatic nitrogens is 1. The summed E-state index contributed by atoms with van der Waals surface area (Å²) >= 11 is 1.27. The molecule has 1 aromatic heterocycles. The first-order valence-corrected chi connectivity index (χ1v) is 8.42. The smallest absolute Gasteiger partial charge is 0.277 e. The number of fused-ring (bicyclic) bond motifs is 2. The molecule has 0 aromatic carbocycles. The minimum Gasteiger partial charge on any atom is -0.289 e. The van der Waals surface area contributed by atoms with Gasteiger partial charge in [-0.25, -0.2) is 10.8 Å². The van der Waals surface area contributed by atoms with Gasteiger partial charge in [-0.1, -0.05) is 32.1 Å². The van der Waals surface area contributed by atoms with E-state index >= 15 is 0 Å². The number of aryl methyl sites for hydroxylation is 1. The number of nitrogens with zero attached hydrogens (tertiary/aromatic N) is 2. The fourth-order valence-corrected chi connectivity index (χ4v) is 4.75. The summed E-state index contributed by atoms with van der Waals surface area (Å²) in [5.74, 6) is 5.58. The lowest BCUT2D eigenvalue weighted by Crippen LogP contribution is -2.32. The van der Waals surface area contributed by atoms with Crippen LogP contribution in [0.25, 0.3) is 0 Å². The summed E-state index contributed by atoms with van der Waals surface area (Å²) in [5.41, 5.74) is 7.54. The van der Waals surface area contributed by atoms with Gasteiger partial charge in [0.2, 0.25) is 5.13 Å². The highest BCUT2D eigenvalue weighted by Gasteiger charge is 2.59. The molecule has 0 saturated heterocycles. The normalized spacial score (nSPS) is 30.8. The third-order valence-corrected chi connectivity index (χ3v) is 6.99. The molecule has 2 unspecified atom stereocenters. The minimum absolute atomic E-state index is 0.161. The van der Waals surface area contributed by atoms with Crippen LogP contribution in [0.15, 0.2) is 5.10 Å². The first-order chi connectivity index (χ1) is 10.3. The van der Waals surface area contributed by atoms with Crippen LogP contribution in [0.2, 0.25) is 0 Å². The number of nitrogens with two attached hydrogens (primary N) is 1. The van der Waals surface area contributed by atoms with E-state index in [0.717, 1.165) is 12.3 Å². The van der Waals surface area contributed by atoms with Crippen molar-refractivity contribution < 1.29 is 4.79 Å². The van der Waals surface area contributed by atoms with Crippen LogP contribution in [0, 0.1) is 23.7 Å². The molecule has 6 nitrogen and oxygen atoms in total. The van der Waals surface area contributed by atoms with Gasteiger partial charge in [-0.05, 0) is 37.5 Å². The quantitative estimate of drug-likeness (QED) is 0.453. The van der Waals surface area contributed by atoms with Crippen LogP contribution < -0.4 is 16.7 Å². The van der Waals surface area contributed by atoms with Gasteiger partial charge in [0.1, 0.15) is 4.88 Å². The third-order valence-electron chi connectivity index (χ3n) is 5.93. The fraction of sp³-hybridized carbons (Fsp3) is 0.667. The van der Waals surface area contributed by atoms with Crippen molar-refractivity contribution in [3.63, 3.8) is 0 Å². The van der Waals surface area contributed by atoms with Crippen LogP contribution in [-0.2, 0) is 0 Å². The maximum absolute atomic E-state index is 11.6. The van der Waals surface area contributed by atoms with Crippen molar-refractivity contribution in [2.24, 2.45) is 27.7 Å². The SMILES string of the molecule is Cc1nc(N/N=C2\CC3CCC2(C)C3(C)C)sc1C(=O)NN. The second-order valence-corrected chi connectivity index (χ2v) is 8.07. The summed E-state index contributed by atoms with van der Waals surface area (Å²) in [5, 5.41) is 5.27. The highest BCUT2D eigenvalue weighted by Crippen LogP contribution is 2.63. The summed E-state index contributed by atoms with van der Waals surface area (Å²) in [6, 6.07) is 0. The molecule has 2 aliphatic rings. The summed E-state index contributed by atoms with van der Waals surface area (Å²) in [7, 11) is 0. The Balaban J connectivity index is 1.80. The lowest BCUT2D eigenvalue weighted by molar-refractivity contribution is 0.0957. The van der Waals surface area contributed by atoms with E-state index in [4.69, 9.17) is 5.84 Å². The molecule has 1 amide bonds. The van der Waals surface area contributed by atoms with E-state index in [1.54, 1.807) is 6.92 Å². The van der Waals surface area contributed by atoms with Gasteiger partial charge < -0.3 is 0 Å². The highest BCUT2D eigenvalue weighted by atomic mass is 32.1. The largest absolute Gasteiger partial charge is 0.289 e. The molecule has 2 bridgehead atoms. The zero-order valence-electron chi connectivity index (χ0n) is 13.5. The number of amides is 1. The molecule has 4 N–H and O–H groups in total. The van der Waals surface area contributed by atoms with Gasteiger partial charge in [0.15, 0.2) is 0 Å². The predicted molar refractivity (Wildman–Crippen MR) is 88.8 cm³/mol. The summed E-state index contributed by atoms with van der Waals surface area (Å²) < 4.78 is 0. The number of carbonyl (C=O) groups excluding carboxylic acids is 1. The first-order valence-electron chi connectivity index (χ1n) is 7.61. The number of nitrogens with one attached hydrogen (secondary N) is 2. The molecule has 0 spiro atoms. The third kappa shape index (κ3) is 2.06. The van der Waals surface area contributed by atoms with Crippen molar-refractivity contribution in [2.45, 2.75) is 47.0 Å². The molecule has 2 atom stereocenters. The van der Waals surface area contributed by atoms with Crippen LogP contribution in [0.1, 0.15) is 55.4 Å². The minimum atomic E-state index is -0.316. The predicted octanol–water partition coefficient (Wildman–Crippen LogP) is 2.67. The zero-order chi connectivity index (χ0) is 16.1. The van der Waals surface area contributed by atoms with Crippen molar-refractivity contribution in [3.8, 4) is 0 Å². The average Bonchev–Trinajstić information content (AvgIpc) is 3.01. The second-order valence-electron chi connectivity index (χ2n) is 7.07. The number of hydrogen-bond donors (Lipinski definition) is 3. The molecular weight excluding hydrogens is 298 g/mol. The Morgan fingerprint density at radius 1 is 1.45 bits per heavy atom. The number of carbonyl (C=O) groups is 1. The van der Waals surface area contributed by atoms with Gasteiger partial charge in [-0.3, -0.25) is 15.6 Å². The Bertz CT molecular complexity index is 650. The molecule has 2 aliphatic carbocycles. The van der Waals surface area contributed by atoms with E-state index in [0.29, 0.717) is 21.1 Å². The molecule has 7 heteroatoms. The lowest BCUT2D eigenvalue weighted by Gasteiger charge is -2.34. The van der Waals surface area contributed by atoms with Crippen molar-refractivity contribution >= 4 is 28.1 Å². The number of thiazole rings is 1. The Morgan fingerprint density at radius 3 is 2.73 bits per heavy atom.